The van der Waals surface area contributed by atoms with Gasteiger partial charge in [0.05, 0.1) is 12.2 Å². The monoisotopic (exact) mass is 553 g/mol. The number of nitrogens with one attached hydrogen (secondary N) is 1. The first-order valence-corrected chi connectivity index (χ1v) is 12.3. The number of anilines is 1. The van der Waals surface area contributed by atoms with E-state index in [-0.39, 0.29) is 43.1 Å². The van der Waals surface area contributed by atoms with Gasteiger partial charge in [0.15, 0.2) is 18.4 Å². The van der Waals surface area contributed by atoms with E-state index in [1.165, 1.54) is 4.57 Å². The van der Waals surface area contributed by atoms with Gasteiger partial charge in [0, 0.05) is 19.5 Å². The summed E-state index contributed by atoms with van der Waals surface area (Å²) in [6.07, 6.45) is -0.0361. The third kappa shape index (κ3) is 8.33. The second kappa shape index (κ2) is 13.8. The molecule has 1 aromatic heterocycles. The Morgan fingerprint density at radius 2 is 1.97 bits per heavy atom. The molecule has 0 saturated heterocycles. The summed E-state index contributed by atoms with van der Waals surface area (Å²) in [6, 6.07) is 1.10. The molecule has 214 valence electrons. The van der Waals surface area contributed by atoms with Gasteiger partial charge in [-0.15, -0.1) is 0 Å². The number of aromatic nitrogens is 2. The molecule has 2 rings (SSSR count). The van der Waals surface area contributed by atoms with Gasteiger partial charge in [0.2, 0.25) is 11.9 Å². The largest absolute Gasteiger partial charge is 0.510 e. The maximum Gasteiger partial charge on any atom is 0.510 e. The van der Waals surface area contributed by atoms with E-state index in [0.717, 1.165) is 11.0 Å². The number of fused-ring (bicyclic) bond motifs is 1. The number of hydrogen-bond donors (Lipinski definition) is 3. The second-order valence-electron chi connectivity index (χ2n) is 9.90. The van der Waals surface area contributed by atoms with E-state index in [1.807, 2.05) is 6.92 Å². The summed E-state index contributed by atoms with van der Waals surface area (Å²) < 4.78 is 41.3. The lowest BCUT2D eigenvalue weighted by molar-refractivity contribution is -0.140. The third-order valence-corrected chi connectivity index (χ3v) is 5.47. The molecule has 39 heavy (non-hydrogen) atoms. The van der Waals surface area contributed by atoms with Crippen molar-refractivity contribution in [1.29, 1.82) is 5.26 Å². The van der Waals surface area contributed by atoms with Gasteiger partial charge in [-0.2, -0.15) is 5.26 Å². The van der Waals surface area contributed by atoms with Crippen molar-refractivity contribution in [3.63, 3.8) is 0 Å². The number of rotatable bonds is 13. The van der Waals surface area contributed by atoms with Crippen LogP contribution in [0, 0.1) is 28.4 Å². The van der Waals surface area contributed by atoms with E-state index in [9.17, 15) is 24.0 Å². The number of amides is 1. The van der Waals surface area contributed by atoms with Crippen LogP contribution in [0.5, 0.6) is 0 Å². The maximum atomic E-state index is 15.2. The number of ether oxygens (including phenoxy) is 2. The lowest BCUT2D eigenvalue weighted by atomic mass is 9.92. The van der Waals surface area contributed by atoms with Crippen molar-refractivity contribution >= 4 is 35.0 Å². The molecule has 0 fully saturated rings. The molecule has 0 aliphatic rings. The van der Waals surface area contributed by atoms with Crippen molar-refractivity contribution in [2.24, 2.45) is 5.41 Å². The van der Waals surface area contributed by atoms with Crippen LogP contribution in [0.4, 0.5) is 19.5 Å². The van der Waals surface area contributed by atoms with Gasteiger partial charge in [0.1, 0.15) is 29.8 Å². The zero-order valence-corrected chi connectivity index (χ0v) is 22.3. The molecule has 0 aliphatic heterocycles. The number of aliphatic hydroxyl groups excluding tert-OH is 1. The number of unbranched alkanes of at least 4 members (excludes halogenated alkanes) is 1. The van der Waals surface area contributed by atoms with Crippen LogP contribution in [0.25, 0.3) is 11.0 Å². The number of nitrogens with zero attached hydrogens (tertiary/aromatic N) is 4. The predicted octanol–water partition coefficient (Wildman–Crippen LogP) is 2.90. The van der Waals surface area contributed by atoms with Gasteiger partial charge in [-0.1, -0.05) is 34.1 Å². The van der Waals surface area contributed by atoms with E-state index in [1.54, 1.807) is 26.8 Å². The van der Waals surface area contributed by atoms with Crippen LogP contribution in [-0.4, -0.2) is 70.3 Å². The Kier molecular flexibility index (Phi) is 11.1. The zero-order chi connectivity index (χ0) is 29.3. The Balaban J connectivity index is 2.37. The van der Waals surface area contributed by atoms with Crippen LogP contribution in [0.1, 0.15) is 52.5 Å². The van der Waals surface area contributed by atoms with Crippen LogP contribution < -0.4 is 10.2 Å². The van der Waals surface area contributed by atoms with Crippen LogP contribution in [0.2, 0.25) is 0 Å². The van der Waals surface area contributed by atoms with Crippen molar-refractivity contribution in [2.45, 2.75) is 59.5 Å². The van der Waals surface area contributed by atoms with Crippen molar-refractivity contribution in [1.82, 2.24) is 14.9 Å². The number of carboxylic acids is 1. The first-order chi connectivity index (χ1) is 18.3. The third-order valence-electron chi connectivity index (χ3n) is 5.47. The summed E-state index contributed by atoms with van der Waals surface area (Å²) in [5.41, 5.74) is -1.68. The number of carbonyl (C=O) groups is 3. The second-order valence-corrected chi connectivity index (χ2v) is 9.90. The molecular weight excluding hydrogens is 520 g/mol. The summed E-state index contributed by atoms with van der Waals surface area (Å²) in [5, 5.41) is 29.6. The lowest BCUT2D eigenvalue weighted by Gasteiger charge is -2.26. The fourth-order valence-corrected chi connectivity index (χ4v) is 3.58. The van der Waals surface area contributed by atoms with Crippen LogP contribution in [0.15, 0.2) is 6.07 Å². The Hall–Kier alpha value is -3.83. The highest BCUT2D eigenvalue weighted by atomic mass is 19.1. The van der Waals surface area contributed by atoms with E-state index in [2.05, 4.69) is 10.3 Å². The Morgan fingerprint density at radius 3 is 2.54 bits per heavy atom. The summed E-state index contributed by atoms with van der Waals surface area (Å²) in [7, 11) is 0. The topological polar surface area (TPSA) is 167 Å². The number of carboxylic acid groups (broad SMARTS) is 1. The number of halogens is 2. The molecule has 0 bridgehead atoms. The number of aliphatic hydroxyl groups is 1. The summed E-state index contributed by atoms with van der Waals surface area (Å²) in [5.74, 6) is -3.92. The fraction of sp³-hybridized carbons (Fsp3) is 0.560. The van der Waals surface area contributed by atoms with E-state index in [4.69, 9.17) is 19.7 Å². The lowest BCUT2D eigenvalue weighted by Crippen LogP contribution is -2.41. The number of imidazole rings is 1. The first kappa shape index (κ1) is 31.4. The van der Waals surface area contributed by atoms with Gasteiger partial charge in [0.25, 0.3) is 0 Å². The molecule has 0 aliphatic carbocycles. The van der Waals surface area contributed by atoms with E-state index < -0.39 is 60.0 Å². The zero-order valence-electron chi connectivity index (χ0n) is 22.3. The fourth-order valence-electron chi connectivity index (χ4n) is 3.58. The molecule has 1 amide bonds. The average Bonchev–Trinajstić information content (AvgIpc) is 3.23. The van der Waals surface area contributed by atoms with Crippen molar-refractivity contribution in [3.8, 4) is 6.07 Å². The Labute approximate surface area is 224 Å². The predicted molar refractivity (Wildman–Crippen MR) is 135 cm³/mol. The van der Waals surface area contributed by atoms with Gasteiger partial charge in [-0.3, -0.25) is 14.9 Å². The number of benzene rings is 1. The highest BCUT2D eigenvalue weighted by Gasteiger charge is 2.30. The molecule has 12 nitrogen and oxygen atoms in total. The minimum Gasteiger partial charge on any atom is -0.480 e. The van der Waals surface area contributed by atoms with E-state index >= 15 is 4.39 Å². The Morgan fingerprint density at radius 1 is 1.28 bits per heavy atom. The van der Waals surface area contributed by atoms with Crippen molar-refractivity contribution in [3.05, 3.63) is 23.3 Å². The number of carbonyl (C=O) groups excluding carboxylic acids is 2. The molecule has 1 atom stereocenters. The SMILES string of the molecule is CCCCn1c(N(COC(=O)OCCN[C@H](CO)C(=O)O)C(=O)CC(C)(C)C)nc2c(F)cc(C#N)c(F)c21. The maximum absolute atomic E-state index is 15.2. The average molecular weight is 554 g/mol. The number of aliphatic carboxylic acids is 1. The molecule has 3 N–H and O–H groups in total. The number of nitriles is 1. The summed E-state index contributed by atoms with van der Waals surface area (Å²) >= 11 is 0. The van der Waals surface area contributed by atoms with Crippen molar-refractivity contribution in [2.75, 3.05) is 31.4 Å². The van der Waals surface area contributed by atoms with Crippen LogP contribution in [0.3, 0.4) is 0 Å². The molecule has 0 radical (unpaired) electrons. The highest BCUT2D eigenvalue weighted by molar-refractivity contribution is 5.94. The molecule has 2 aromatic rings. The van der Waals surface area contributed by atoms with Crippen molar-refractivity contribution < 1.29 is 42.9 Å². The molecule has 1 aromatic carbocycles. The van der Waals surface area contributed by atoms with Crippen LogP contribution in [-0.2, 0) is 25.6 Å². The standard InChI is InChI=1S/C25H33F2N5O7/c1-5-6-8-31-21-19(27)15(12-28)10-16(26)20(21)30-23(31)32(18(34)11-25(2,3)4)14-39-24(37)38-9-7-29-17(13-33)22(35)36/h10,17,29,33H,5-9,11,13-14H2,1-4H3,(H,35,36)/t17-/m1/s1. The van der Waals surface area contributed by atoms with Gasteiger partial charge < -0.3 is 24.3 Å². The Bertz CT molecular complexity index is 1240. The highest BCUT2D eigenvalue weighted by Crippen LogP contribution is 2.31. The molecule has 0 unspecified atom stereocenters. The van der Waals surface area contributed by atoms with E-state index in [0.29, 0.717) is 12.8 Å². The molecule has 0 saturated carbocycles. The summed E-state index contributed by atoms with van der Waals surface area (Å²) in [4.78, 5) is 41.6. The molecule has 0 spiro atoms. The summed E-state index contributed by atoms with van der Waals surface area (Å²) in [6.45, 7) is 5.67. The van der Waals surface area contributed by atoms with Crippen LogP contribution >= 0.6 is 0 Å². The molecule has 1 heterocycles. The van der Waals surface area contributed by atoms with Gasteiger partial charge in [-0.25, -0.2) is 23.5 Å². The minimum absolute atomic E-state index is 0.0293. The normalized spacial score (nSPS) is 12.2. The number of aryl methyl sites for hydroxylation is 1. The quantitative estimate of drug-likeness (QED) is 0.191. The van der Waals surface area contributed by atoms with Gasteiger partial charge >= 0.3 is 12.1 Å². The molecular formula is C25H33F2N5O7. The smallest absolute Gasteiger partial charge is 0.480 e. The van der Waals surface area contributed by atoms with Gasteiger partial charge in [-0.05, 0) is 17.9 Å². The first-order valence-electron chi connectivity index (χ1n) is 12.3. The number of hydrogen-bond acceptors (Lipinski definition) is 9. The minimum atomic E-state index is -1.28. The molecule has 14 heteroatoms.